The van der Waals surface area contributed by atoms with Gasteiger partial charge in [0.1, 0.15) is 24.2 Å². The zero-order valence-corrected chi connectivity index (χ0v) is 17.7. The topological polar surface area (TPSA) is 84.2 Å². The Balaban J connectivity index is 1.47. The van der Waals surface area contributed by atoms with Crippen LogP contribution in [0.5, 0.6) is 5.75 Å². The first kappa shape index (κ1) is 19.8. The van der Waals surface area contributed by atoms with Gasteiger partial charge in [-0.05, 0) is 48.9 Å². The third-order valence-corrected chi connectivity index (χ3v) is 4.98. The van der Waals surface area contributed by atoms with E-state index in [1.165, 1.54) is 0 Å². The van der Waals surface area contributed by atoms with Crippen molar-refractivity contribution in [3.8, 4) is 23.5 Å². The van der Waals surface area contributed by atoms with Gasteiger partial charge < -0.3 is 18.9 Å². The standard InChI is InChI=1S/C23H18BrN3O3/c1-15(16-5-3-2-4-6-16)26-22-20(13-25)27-23(30-22)21-12-11-19(29-21)14-28-18-9-7-17(24)8-10-18/h2-12,15,26H,14H2,1H3/t15-/m1/s1. The molecule has 0 saturated heterocycles. The van der Waals surface area contributed by atoms with Crippen LogP contribution in [0.15, 0.2) is 80.0 Å². The lowest BCUT2D eigenvalue weighted by molar-refractivity contribution is 0.271. The van der Waals surface area contributed by atoms with Crippen LogP contribution in [0.3, 0.4) is 0 Å². The summed E-state index contributed by atoms with van der Waals surface area (Å²) in [5.41, 5.74) is 1.25. The van der Waals surface area contributed by atoms with Crippen molar-refractivity contribution in [1.29, 1.82) is 5.26 Å². The Labute approximate surface area is 182 Å². The number of anilines is 1. The number of hydrogen-bond donors (Lipinski definition) is 1. The van der Waals surface area contributed by atoms with E-state index in [-0.39, 0.29) is 24.2 Å². The number of nitrogens with zero attached hydrogens (tertiary/aromatic N) is 2. The highest BCUT2D eigenvalue weighted by atomic mass is 79.9. The second kappa shape index (κ2) is 8.89. The summed E-state index contributed by atoms with van der Waals surface area (Å²) >= 11 is 3.39. The van der Waals surface area contributed by atoms with Crippen LogP contribution in [0.1, 0.15) is 30.0 Å². The molecule has 2 heterocycles. The van der Waals surface area contributed by atoms with E-state index in [0.29, 0.717) is 17.4 Å². The van der Waals surface area contributed by atoms with Gasteiger partial charge in [-0.3, -0.25) is 0 Å². The van der Waals surface area contributed by atoms with Crippen molar-refractivity contribution in [2.24, 2.45) is 0 Å². The number of nitriles is 1. The molecule has 0 aliphatic carbocycles. The zero-order chi connectivity index (χ0) is 20.9. The van der Waals surface area contributed by atoms with E-state index >= 15 is 0 Å². The molecule has 0 aliphatic heterocycles. The summed E-state index contributed by atoms with van der Waals surface area (Å²) < 4.78 is 18.3. The fraction of sp³-hybridized carbons (Fsp3) is 0.130. The lowest BCUT2D eigenvalue weighted by Gasteiger charge is -2.12. The molecule has 4 aromatic rings. The minimum absolute atomic E-state index is 0.0504. The van der Waals surface area contributed by atoms with Gasteiger partial charge in [-0.2, -0.15) is 10.2 Å². The van der Waals surface area contributed by atoms with Crippen LogP contribution in [0.25, 0.3) is 11.7 Å². The van der Waals surface area contributed by atoms with Crippen molar-refractivity contribution in [2.75, 3.05) is 5.32 Å². The predicted octanol–water partition coefficient (Wildman–Crippen LogP) is 6.32. The molecule has 0 bridgehead atoms. The first-order valence-corrected chi connectivity index (χ1v) is 10.1. The normalized spacial score (nSPS) is 11.6. The zero-order valence-electron chi connectivity index (χ0n) is 16.1. The van der Waals surface area contributed by atoms with Crippen molar-refractivity contribution in [2.45, 2.75) is 19.6 Å². The van der Waals surface area contributed by atoms with E-state index in [1.54, 1.807) is 12.1 Å². The molecule has 1 atom stereocenters. The number of benzene rings is 2. The summed E-state index contributed by atoms with van der Waals surface area (Å²) in [4.78, 5) is 4.26. The number of ether oxygens (including phenoxy) is 1. The Hall–Kier alpha value is -3.50. The van der Waals surface area contributed by atoms with Crippen LogP contribution in [-0.4, -0.2) is 4.98 Å². The van der Waals surface area contributed by atoms with E-state index in [1.807, 2.05) is 61.5 Å². The van der Waals surface area contributed by atoms with Crippen LogP contribution in [0, 0.1) is 11.3 Å². The van der Waals surface area contributed by atoms with Gasteiger partial charge in [0.05, 0.1) is 6.04 Å². The van der Waals surface area contributed by atoms with Crippen LogP contribution in [0.4, 0.5) is 5.88 Å². The molecule has 150 valence electrons. The maximum absolute atomic E-state index is 9.43. The highest BCUT2D eigenvalue weighted by Gasteiger charge is 2.19. The second-order valence-electron chi connectivity index (χ2n) is 6.59. The van der Waals surface area contributed by atoms with Crippen molar-refractivity contribution in [1.82, 2.24) is 4.98 Å². The molecule has 0 spiro atoms. The highest BCUT2D eigenvalue weighted by molar-refractivity contribution is 9.10. The monoisotopic (exact) mass is 463 g/mol. The molecule has 2 aromatic carbocycles. The lowest BCUT2D eigenvalue weighted by Crippen LogP contribution is -2.06. The molecule has 0 fully saturated rings. The number of furan rings is 1. The molecular formula is C23H18BrN3O3. The molecule has 7 heteroatoms. The number of oxazole rings is 1. The quantitative estimate of drug-likeness (QED) is 0.345. The summed E-state index contributed by atoms with van der Waals surface area (Å²) in [6.45, 7) is 2.26. The molecule has 0 radical (unpaired) electrons. The van der Waals surface area contributed by atoms with E-state index in [4.69, 9.17) is 13.6 Å². The Morgan fingerprint density at radius 3 is 2.57 bits per heavy atom. The Morgan fingerprint density at radius 2 is 1.83 bits per heavy atom. The van der Waals surface area contributed by atoms with Gasteiger partial charge >= 0.3 is 0 Å². The largest absolute Gasteiger partial charge is 0.486 e. The molecule has 1 N–H and O–H groups in total. The molecular weight excluding hydrogens is 446 g/mol. The minimum Gasteiger partial charge on any atom is -0.486 e. The van der Waals surface area contributed by atoms with E-state index < -0.39 is 0 Å². The molecule has 6 nitrogen and oxygen atoms in total. The van der Waals surface area contributed by atoms with E-state index in [9.17, 15) is 5.26 Å². The Morgan fingerprint density at radius 1 is 1.07 bits per heavy atom. The highest BCUT2D eigenvalue weighted by Crippen LogP contribution is 2.29. The Bertz CT molecular complexity index is 1160. The van der Waals surface area contributed by atoms with Gasteiger partial charge in [-0.1, -0.05) is 46.3 Å². The van der Waals surface area contributed by atoms with Crippen LogP contribution in [0.2, 0.25) is 0 Å². The van der Waals surface area contributed by atoms with E-state index in [0.717, 1.165) is 15.8 Å². The summed E-state index contributed by atoms with van der Waals surface area (Å²) in [6, 6.07) is 23.0. The minimum atomic E-state index is -0.0504. The number of hydrogen-bond acceptors (Lipinski definition) is 6. The average Bonchev–Trinajstić information content (AvgIpc) is 3.41. The van der Waals surface area contributed by atoms with Crippen molar-refractivity contribution in [3.05, 3.63) is 88.2 Å². The summed E-state index contributed by atoms with van der Waals surface area (Å²) in [5.74, 6) is 2.34. The first-order valence-electron chi connectivity index (χ1n) is 9.32. The lowest BCUT2D eigenvalue weighted by atomic mass is 10.1. The van der Waals surface area contributed by atoms with Crippen molar-refractivity contribution < 1.29 is 13.6 Å². The van der Waals surface area contributed by atoms with Crippen LogP contribution in [-0.2, 0) is 6.61 Å². The number of aromatic nitrogens is 1. The second-order valence-corrected chi connectivity index (χ2v) is 7.51. The Kier molecular flexibility index (Phi) is 5.87. The molecule has 4 rings (SSSR count). The molecule has 0 aliphatic rings. The number of nitrogens with one attached hydrogen (secondary N) is 1. The van der Waals surface area contributed by atoms with Gasteiger partial charge in [0.25, 0.3) is 5.89 Å². The number of halogens is 1. The SMILES string of the molecule is C[C@@H](Nc1oc(-c2ccc(COc3ccc(Br)cc3)o2)nc1C#N)c1ccccc1. The summed E-state index contributed by atoms with van der Waals surface area (Å²) in [7, 11) is 0. The fourth-order valence-corrected chi connectivity index (χ4v) is 3.14. The summed E-state index contributed by atoms with van der Waals surface area (Å²) in [5, 5.41) is 12.6. The van der Waals surface area contributed by atoms with Gasteiger partial charge in [-0.15, -0.1) is 0 Å². The van der Waals surface area contributed by atoms with Crippen molar-refractivity contribution >= 4 is 21.8 Å². The first-order chi connectivity index (χ1) is 14.6. The van der Waals surface area contributed by atoms with Crippen LogP contribution >= 0.6 is 15.9 Å². The molecule has 0 amide bonds. The smallest absolute Gasteiger partial charge is 0.266 e. The molecule has 0 unspecified atom stereocenters. The van der Waals surface area contributed by atoms with Gasteiger partial charge in [-0.25, -0.2) is 0 Å². The van der Waals surface area contributed by atoms with Gasteiger partial charge in [0.15, 0.2) is 5.76 Å². The fourth-order valence-electron chi connectivity index (χ4n) is 2.88. The van der Waals surface area contributed by atoms with E-state index in [2.05, 4.69) is 32.3 Å². The van der Waals surface area contributed by atoms with Gasteiger partial charge in [0, 0.05) is 4.47 Å². The average molecular weight is 464 g/mol. The number of rotatable bonds is 7. The van der Waals surface area contributed by atoms with Crippen molar-refractivity contribution in [3.63, 3.8) is 0 Å². The summed E-state index contributed by atoms with van der Waals surface area (Å²) in [6.07, 6.45) is 0. The molecule has 30 heavy (non-hydrogen) atoms. The van der Waals surface area contributed by atoms with Crippen LogP contribution < -0.4 is 10.1 Å². The molecule has 0 saturated carbocycles. The third-order valence-electron chi connectivity index (χ3n) is 4.45. The molecule has 2 aromatic heterocycles. The van der Waals surface area contributed by atoms with Gasteiger partial charge in [0.2, 0.25) is 11.6 Å². The maximum atomic E-state index is 9.43. The third kappa shape index (κ3) is 4.56. The predicted molar refractivity (Wildman–Crippen MR) is 116 cm³/mol. The maximum Gasteiger partial charge on any atom is 0.266 e.